The van der Waals surface area contributed by atoms with Crippen molar-refractivity contribution in [2.24, 2.45) is 0 Å². The molecule has 6 heteroatoms. The first-order chi connectivity index (χ1) is 29.5. The number of hydrogen-bond acceptors (Lipinski definition) is 5. The van der Waals surface area contributed by atoms with E-state index < -0.39 is 12.1 Å². The van der Waals surface area contributed by atoms with E-state index in [4.69, 9.17) is 4.74 Å². The van der Waals surface area contributed by atoms with Gasteiger partial charge in [0.15, 0.2) is 0 Å². The molecule has 0 aliphatic carbocycles. The number of hydrogen-bond donors (Lipinski definition) is 3. The van der Waals surface area contributed by atoms with E-state index in [9.17, 15) is 19.8 Å². The lowest BCUT2D eigenvalue weighted by Crippen LogP contribution is -2.45. The van der Waals surface area contributed by atoms with Gasteiger partial charge in [-0.1, -0.05) is 264 Å². The lowest BCUT2D eigenvalue weighted by atomic mass is 10.0. The van der Waals surface area contributed by atoms with Gasteiger partial charge in [0.1, 0.15) is 0 Å². The lowest BCUT2D eigenvalue weighted by Gasteiger charge is -2.20. The molecular formula is C54H105NO5. The molecule has 0 aromatic rings. The van der Waals surface area contributed by atoms with E-state index >= 15 is 0 Å². The quantitative estimate of drug-likeness (QED) is 0.0322. The third kappa shape index (κ3) is 46.1. The van der Waals surface area contributed by atoms with Crippen LogP contribution in [-0.4, -0.2) is 47.4 Å². The maximum absolute atomic E-state index is 12.4. The fourth-order valence-corrected chi connectivity index (χ4v) is 8.40. The molecule has 1 amide bonds. The molecule has 0 saturated heterocycles. The molecule has 0 aliphatic rings. The molecule has 0 radical (unpaired) electrons. The number of aliphatic hydroxyl groups excluding tert-OH is 2. The van der Waals surface area contributed by atoms with Crippen LogP contribution in [0.5, 0.6) is 0 Å². The number of esters is 1. The number of unbranched alkanes of at least 4 members (excludes halogenated alkanes) is 39. The number of nitrogens with one attached hydrogen (secondary N) is 1. The Hall–Kier alpha value is -1.40. The molecule has 356 valence electrons. The summed E-state index contributed by atoms with van der Waals surface area (Å²) in [6.07, 6.45) is 58.0. The Balaban J connectivity index is 3.38. The fraction of sp³-hybridized carbons (Fsp3) is 0.926. The van der Waals surface area contributed by atoms with Gasteiger partial charge in [-0.05, 0) is 32.1 Å². The summed E-state index contributed by atoms with van der Waals surface area (Å²) in [5, 5.41) is 22.9. The summed E-state index contributed by atoms with van der Waals surface area (Å²) >= 11 is 0. The van der Waals surface area contributed by atoms with E-state index in [0.29, 0.717) is 19.4 Å². The monoisotopic (exact) mass is 848 g/mol. The van der Waals surface area contributed by atoms with Crippen LogP contribution in [0.15, 0.2) is 12.2 Å². The summed E-state index contributed by atoms with van der Waals surface area (Å²) < 4.78 is 5.48. The molecule has 0 aliphatic heterocycles. The minimum Gasteiger partial charge on any atom is -0.466 e. The van der Waals surface area contributed by atoms with Crippen molar-refractivity contribution in [3.05, 3.63) is 12.2 Å². The molecule has 0 spiro atoms. The molecule has 2 atom stereocenters. The van der Waals surface area contributed by atoms with Gasteiger partial charge in [0.25, 0.3) is 0 Å². The summed E-state index contributed by atoms with van der Waals surface area (Å²) in [6.45, 7) is 4.89. The van der Waals surface area contributed by atoms with Crippen molar-refractivity contribution < 1.29 is 24.5 Å². The van der Waals surface area contributed by atoms with E-state index in [2.05, 4.69) is 19.2 Å². The molecule has 0 fully saturated rings. The summed E-state index contributed by atoms with van der Waals surface area (Å²) in [5.74, 6) is -0.0638. The number of carbonyl (C=O) groups excluding carboxylic acids is 2. The first-order valence-electron chi connectivity index (χ1n) is 27.0. The maximum Gasteiger partial charge on any atom is 0.305 e. The number of ether oxygens (including phenoxy) is 1. The minimum absolute atomic E-state index is 0.00932. The molecule has 60 heavy (non-hydrogen) atoms. The number of allylic oxidation sites excluding steroid dienone is 1. The van der Waals surface area contributed by atoms with Crippen LogP contribution in [0.3, 0.4) is 0 Å². The molecule has 0 aromatic heterocycles. The Morgan fingerprint density at radius 1 is 0.450 bits per heavy atom. The van der Waals surface area contributed by atoms with Gasteiger partial charge < -0.3 is 20.3 Å². The summed E-state index contributed by atoms with van der Waals surface area (Å²) in [7, 11) is 0. The predicted molar refractivity (Wildman–Crippen MR) is 260 cm³/mol. The van der Waals surface area contributed by atoms with Crippen LogP contribution in [0.25, 0.3) is 0 Å². The molecule has 0 saturated carbocycles. The number of rotatable bonds is 50. The van der Waals surface area contributed by atoms with Gasteiger partial charge in [-0.25, -0.2) is 0 Å². The average molecular weight is 848 g/mol. The second kappa shape index (κ2) is 50.2. The van der Waals surface area contributed by atoms with Gasteiger partial charge in [-0.15, -0.1) is 0 Å². The van der Waals surface area contributed by atoms with Gasteiger partial charge in [-0.3, -0.25) is 9.59 Å². The van der Waals surface area contributed by atoms with Crippen LogP contribution in [0, 0.1) is 0 Å². The zero-order valence-electron chi connectivity index (χ0n) is 40.5. The van der Waals surface area contributed by atoms with Crippen LogP contribution >= 0.6 is 0 Å². The van der Waals surface area contributed by atoms with Crippen LogP contribution in [0.2, 0.25) is 0 Å². The Labute approximate surface area is 374 Å². The molecule has 3 N–H and O–H groups in total. The van der Waals surface area contributed by atoms with Crippen molar-refractivity contribution >= 4 is 11.9 Å². The average Bonchev–Trinajstić information content (AvgIpc) is 3.25. The van der Waals surface area contributed by atoms with Gasteiger partial charge in [0.2, 0.25) is 5.91 Å². The minimum atomic E-state index is -0.844. The smallest absolute Gasteiger partial charge is 0.305 e. The lowest BCUT2D eigenvalue weighted by molar-refractivity contribution is -0.143. The third-order valence-electron chi connectivity index (χ3n) is 12.6. The Morgan fingerprint density at radius 2 is 0.767 bits per heavy atom. The highest BCUT2D eigenvalue weighted by Gasteiger charge is 2.18. The fourth-order valence-electron chi connectivity index (χ4n) is 8.40. The second-order valence-electron chi connectivity index (χ2n) is 18.6. The van der Waals surface area contributed by atoms with Crippen molar-refractivity contribution in [2.45, 2.75) is 309 Å². The maximum atomic E-state index is 12.4. The normalized spacial score (nSPS) is 12.7. The van der Waals surface area contributed by atoms with Crippen molar-refractivity contribution in [1.82, 2.24) is 5.32 Å². The zero-order valence-corrected chi connectivity index (χ0v) is 40.5. The van der Waals surface area contributed by atoms with Crippen LogP contribution in [0.1, 0.15) is 296 Å². The summed E-state index contributed by atoms with van der Waals surface area (Å²) in [5.41, 5.74) is 0. The van der Waals surface area contributed by atoms with E-state index in [0.717, 1.165) is 38.5 Å². The highest BCUT2D eigenvalue weighted by Crippen LogP contribution is 2.17. The van der Waals surface area contributed by atoms with E-state index in [1.54, 1.807) is 6.08 Å². The number of carbonyl (C=O) groups is 2. The van der Waals surface area contributed by atoms with Crippen molar-refractivity contribution in [2.75, 3.05) is 13.2 Å². The highest BCUT2D eigenvalue weighted by atomic mass is 16.5. The topological polar surface area (TPSA) is 95.9 Å². The van der Waals surface area contributed by atoms with E-state index in [-0.39, 0.29) is 18.5 Å². The van der Waals surface area contributed by atoms with Crippen LogP contribution in [-0.2, 0) is 14.3 Å². The Bertz CT molecular complexity index is 893. The predicted octanol–water partition coefficient (Wildman–Crippen LogP) is 16.1. The number of aliphatic hydroxyl groups is 2. The van der Waals surface area contributed by atoms with E-state index in [1.807, 2.05) is 6.08 Å². The highest BCUT2D eigenvalue weighted by molar-refractivity contribution is 5.76. The first-order valence-corrected chi connectivity index (χ1v) is 27.0. The second-order valence-corrected chi connectivity index (χ2v) is 18.6. The van der Waals surface area contributed by atoms with Crippen molar-refractivity contribution in [1.29, 1.82) is 0 Å². The number of amides is 1. The molecule has 0 aromatic carbocycles. The molecule has 0 bridgehead atoms. The first kappa shape index (κ1) is 58.6. The van der Waals surface area contributed by atoms with Crippen molar-refractivity contribution in [3.8, 4) is 0 Å². The largest absolute Gasteiger partial charge is 0.466 e. The van der Waals surface area contributed by atoms with Crippen molar-refractivity contribution in [3.63, 3.8) is 0 Å². The van der Waals surface area contributed by atoms with Gasteiger partial charge in [0, 0.05) is 12.8 Å². The summed E-state index contributed by atoms with van der Waals surface area (Å²) in [6, 6.07) is -0.628. The molecule has 2 unspecified atom stereocenters. The molecular weight excluding hydrogens is 743 g/mol. The third-order valence-corrected chi connectivity index (χ3v) is 12.6. The van der Waals surface area contributed by atoms with E-state index in [1.165, 1.54) is 231 Å². The van der Waals surface area contributed by atoms with Crippen LogP contribution < -0.4 is 5.32 Å². The van der Waals surface area contributed by atoms with Crippen LogP contribution in [0.4, 0.5) is 0 Å². The summed E-state index contributed by atoms with van der Waals surface area (Å²) in [4.78, 5) is 24.4. The SMILES string of the molecule is CCCCCCCCCC/C=C/C(O)C(CO)NC(=O)CCCCCCCCCCCCCCCCCCCCOC(=O)CCCCCCCCCCCCCCCCC. The van der Waals surface area contributed by atoms with Gasteiger partial charge in [-0.2, -0.15) is 0 Å². The molecule has 6 nitrogen and oxygen atoms in total. The van der Waals surface area contributed by atoms with Gasteiger partial charge >= 0.3 is 5.97 Å². The van der Waals surface area contributed by atoms with Gasteiger partial charge in [0.05, 0.1) is 25.4 Å². The Kier molecular flexibility index (Phi) is 49.1. The standard InChI is InChI=1S/C54H105NO5/c1-3-5-7-9-11-13-15-16-21-25-28-32-36-40-44-48-54(59)60-49-45-41-37-33-29-26-23-20-18-17-19-22-24-27-31-35-39-43-47-53(58)55-51(50-56)52(57)46-42-38-34-30-14-12-10-8-6-4-2/h42,46,51-52,56-57H,3-41,43-45,47-50H2,1-2H3,(H,55,58)/b46-42+. The zero-order chi connectivity index (χ0) is 43.7. The molecule has 0 rings (SSSR count). The Morgan fingerprint density at radius 3 is 1.13 bits per heavy atom. The molecule has 0 heterocycles.